The van der Waals surface area contributed by atoms with E-state index in [4.69, 9.17) is 5.11 Å². The van der Waals surface area contributed by atoms with Crippen LogP contribution in [0.3, 0.4) is 0 Å². The molecule has 0 aromatic rings. The van der Waals surface area contributed by atoms with Crippen molar-refractivity contribution in [2.45, 2.75) is 32.8 Å². The average Bonchev–Trinajstić information content (AvgIpc) is 2.16. The first-order chi connectivity index (χ1) is 7.17. The fourth-order valence-corrected chi connectivity index (χ4v) is 1.77. The quantitative estimate of drug-likeness (QED) is 0.692. The largest absolute Gasteiger partial charge is 0.390 e. The highest BCUT2D eigenvalue weighted by molar-refractivity contribution is 5.78. The molecule has 1 rings (SSSR count). The molecular weight excluding hydrogens is 192 g/mol. The van der Waals surface area contributed by atoms with Gasteiger partial charge in [0.1, 0.15) is 0 Å². The van der Waals surface area contributed by atoms with Crippen LogP contribution >= 0.6 is 0 Å². The van der Waals surface area contributed by atoms with E-state index >= 15 is 0 Å². The molecule has 1 aliphatic heterocycles. The van der Waals surface area contributed by atoms with E-state index in [1.165, 1.54) is 0 Å². The minimum Gasteiger partial charge on any atom is -0.390 e. The summed E-state index contributed by atoms with van der Waals surface area (Å²) in [6, 6.07) is 0. The Morgan fingerprint density at radius 1 is 1.47 bits per heavy atom. The minimum absolute atomic E-state index is 0.192. The van der Waals surface area contributed by atoms with Crippen LogP contribution in [0, 0.1) is 0 Å². The van der Waals surface area contributed by atoms with Crippen molar-refractivity contribution >= 4 is 5.91 Å². The third-order valence-corrected chi connectivity index (χ3v) is 2.81. The van der Waals surface area contributed by atoms with Crippen molar-refractivity contribution in [3.8, 4) is 0 Å². The molecule has 0 radical (unpaired) electrons. The van der Waals surface area contributed by atoms with Crippen LogP contribution in [0.1, 0.15) is 26.7 Å². The van der Waals surface area contributed by atoms with E-state index in [0.29, 0.717) is 19.6 Å². The van der Waals surface area contributed by atoms with Gasteiger partial charge in [0.25, 0.3) is 0 Å². The number of aliphatic hydroxyl groups excluding tert-OH is 1. The van der Waals surface area contributed by atoms with E-state index in [2.05, 4.69) is 6.92 Å². The minimum atomic E-state index is -0.219. The fraction of sp³-hybridized carbons (Fsp3) is 0.909. The van der Waals surface area contributed by atoms with Gasteiger partial charge in [-0.05, 0) is 13.3 Å². The number of carbonyl (C=O) groups excluding carboxylic acids is 1. The molecular formula is C11H22N2O2. The van der Waals surface area contributed by atoms with Crippen molar-refractivity contribution in [3.05, 3.63) is 0 Å². The normalized spacial score (nSPS) is 17.5. The van der Waals surface area contributed by atoms with Crippen molar-refractivity contribution in [3.63, 3.8) is 0 Å². The number of β-amino-alcohol motifs (C(OH)–C–C–N with tert-alkyl or cyclic N) is 1. The van der Waals surface area contributed by atoms with E-state index in [9.17, 15) is 4.79 Å². The summed E-state index contributed by atoms with van der Waals surface area (Å²) in [6.07, 6.45) is 1.97. The number of nitrogens with zero attached hydrogens (tertiary/aromatic N) is 2. The summed E-state index contributed by atoms with van der Waals surface area (Å²) in [5, 5.41) is 9.10. The molecule has 0 spiro atoms. The highest BCUT2D eigenvalue weighted by Gasteiger charge is 2.27. The second-order valence-electron chi connectivity index (χ2n) is 4.17. The van der Waals surface area contributed by atoms with Crippen LogP contribution in [-0.4, -0.2) is 59.6 Å². The van der Waals surface area contributed by atoms with Gasteiger partial charge >= 0.3 is 0 Å². The van der Waals surface area contributed by atoms with Crippen molar-refractivity contribution in [1.82, 2.24) is 9.80 Å². The second-order valence-corrected chi connectivity index (χ2v) is 4.17. The molecule has 4 nitrogen and oxygen atoms in total. The van der Waals surface area contributed by atoms with Crippen LogP contribution in [0.25, 0.3) is 0 Å². The number of aliphatic hydroxyl groups is 1. The van der Waals surface area contributed by atoms with E-state index in [-0.39, 0.29) is 12.0 Å². The molecule has 15 heavy (non-hydrogen) atoms. The number of carbonyl (C=O) groups is 1. The molecule has 1 amide bonds. The van der Waals surface area contributed by atoms with Crippen LogP contribution in [0.15, 0.2) is 0 Å². The van der Waals surface area contributed by atoms with Crippen LogP contribution in [0.4, 0.5) is 0 Å². The Labute approximate surface area is 91.9 Å². The topological polar surface area (TPSA) is 43.8 Å². The summed E-state index contributed by atoms with van der Waals surface area (Å²) in [6.45, 7) is 7.56. The number of likely N-dealkylation sites (tertiary alicyclic amines) is 1. The molecule has 0 aromatic heterocycles. The standard InChI is InChI=1S/C11H22N2O2/c1-3-5-6-13(4-2)11(15)9-12-7-10(14)8-12/h10,14H,3-9H2,1-2H3. The molecule has 1 saturated heterocycles. The van der Waals surface area contributed by atoms with Crippen molar-refractivity contribution in [2.24, 2.45) is 0 Å². The van der Waals surface area contributed by atoms with E-state index < -0.39 is 0 Å². The van der Waals surface area contributed by atoms with E-state index in [1.54, 1.807) is 0 Å². The molecule has 4 heteroatoms. The molecule has 0 unspecified atom stereocenters. The molecule has 1 aliphatic rings. The van der Waals surface area contributed by atoms with Gasteiger partial charge in [0.05, 0.1) is 12.6 Å². The van der Waals surface area contributed by atoms with Gasteiger partial charge in [-0.3, -0.25) is 9.69 Å². The smallest absolute Gasteiger partial charge is 0.236 e. The summed E-state index contributed by atoms with van der Waals surface area (Å²) in [7, 11) is 0. The molecule has 0 saturated carbocycles. The van der Waals surface area contributed by atoms with E-state index in [1.807, 2.05) is 16.7 Å². The van der Waals surface area contributed by atoms with Crippen molar-refractivity contribution in [1.29, 1.82) is 0 Å². The third-order valence-electron chi connectivity index (χ3n) is 2.81. The molecule has 0 bridgehead atoms. The van der Waals surface area contributed by atoms with Crippen molar-refractivity contribution < 1.29 is 9.90 Å². The summed E-state index contributed by atoms with van der Waals surface area (Å²) in [5.41, 5.74) is 0. The number of hydrogen-bond acceptors (Lipinski definition) is 3. The highest BCUT2D eigenvalue weighted by atomic mass is 16.3. The van der Waals surface area contributed by atoms with Gasteiger partial charge in [-0.1, -0.05) is 13.3 Å². The summed E-state index contributed by atoms with van der Waals surface area (Å²) in [5.74, 6) is 0.192. The third kappa shape index (κ3) is 3.80. The predicted octanol–water partition coefficient (Wildman–Crippen LogP) is 0.311. The first-order valence-electron chi connectivity index (χ1n) is 5.85. The van der Waals surface area contributed by atoms with Crippen LogP contribution in [-0.2, 0) is 4.79 Å². The molecule has 1 N–H and O–H groups in total. The Morgan fingerprint density at radius 3 is 2.60 bits per heavy atom. The van der Waals surface area contributed by atoms with Crippen molar-refractivity contribution in [2.75, 3.05) is 32.7 Å². The van der Waals surface area contributed by atoms with Gasteiger partial charge in [-0.2, -0.15) is 0 Å². The zero-order valence-electron chi connectivity index (χ0n) is 9.78. The molecule has 88 valence electrons. The monoisotopic (exact) mass is 214 g/mol. The van der Waals surface area contributed by atoms with Gasteiger partial charge in [0, 0.05) is 26.2 Å². The lowest BCUT2D eigenvalue weighted by Crippen LogP contribution is -2.54. The van der Waals surface area contributed by atoms with Crippen LogP contribution in [0.5, 0.6) is 0 Å². The van der Waals surface area contributed by atoms with Crippen LogP contribution < -0.4 is 0 Å². The Bertz CT molecular complexity index is 203. The van der Waals surface area contributed by atoms with Gasteiger partial charge in [0.15, 0.2) is 0 Å². The molecule has 1 fully saturated rings. The lowest BCUT2D eigenvalue weighted by molar-refractivity contribution is -0.135. The van der Waals surface area contributed by atoms with E-state index in [0.717, 1.165) is 25.9 Å². The zero-order chi connectivity index (χ0) is 11.3. The molecule has 1 heterocycles. The fourth-order valence-electron chi connectivity index (χ4n) is 1.77. The molecule has 0 aromatic carbocycles. The lowest BCUT2D eigenvalue weighted by atomic mass is 10.1. The number of hydrogen-bond donors (Lipinski definition) is 1. The molecule has 0 atom stereocenters. The highest BCUT2D eigenvalue weighted by Crippen LogP contribution is 2.07. The maximum absolute atomic E-state index is 11.8. The maximum atomic E-state index is 11.8. The Morgan fingerprint density at radius 2 is 2.13 bits per heavy atom. The Hall–Kier alpha value is -0.610. The van der Waals surface area contributed by atoms with Crippen LogP contribution in [0.2, 0.25) is 0 Å². The Balaban J connectivity index is 2.23. The number of unbranched alkanes of at least 4 members (excludes halogenated alkanes) is 1. The number of rotatable bonds is 6. The SMILES string of the molecule is CCCCN(CC)C(=O)CN1CC(O)C1. The maximum Gasteiger partial charge on any atom is 0.236 e. The summed E-state index contributed by atoms with van der Waals surface area (Å²) < 4.78 is 0. The zero-order valence-corrected chi connectivity index (χ0v) is 9.78. The first-order valence-corrected chi connectivity index (χ1v) is 5.85. The second kappa shape index (κ2) is 6.08. The average molecular weight is 214 g/mol. The number of amides is 1. The summed E-state index contributed by atoms with van der Waals surface area (Å²) in [4.78, 5) is 15.7. The lowest BCUT2D eigenvalue weighted by Gasteiger charge is -2.36. The number of likely N-dealkylation sites (N-methyl/N-ethyl adjacent to an activating group) is 1. The predicted molar refractivity (Wildman–Crippen MR) is 59.6 cm³/mol. The molecule has 0 aliphatic carbocycles. The Kier molecular flexibility index (Phi) is 5.05. The summed E-state index contributed by atoms with van der Waals surface area (Å²) >= 11 is 0. The van der Waals surface area contributed by atoms with Gasteiger partial charge in [-0.25, -0.2) is 0 Å². The first kappa shape index (κ1) is 12.5. The van der Waals surface area contributed by atoms with Gasteiger partial charge < -0.3 is 10.0 Å². The van der Waals surface area contributed by atoms with Gasteiger partial charge in [-0.15, -0.1) is 0 Å². The van der Waals surface area contributed by atoms with Gasteiger partial charge in [0.2, 0.25) is 5.91 Å².